The summed E-state index contributed by atoms with van der Waals surface area (Å²) < 4.78 is 37.2. The van der Waals surface area contributed by atoms with Crippen molar-refractivity contribution in [2.75, 3.05) is 0 Å². The first kappa shape index (κ1) is 13.6. The van der Waals surface area contributed by atoms with Gasteiger partial charge in [0.15, 0.2) is 6.10 Å². The van der Waals surface area contributed by atoms with Crippen LogP contribution in [0, 0.1) is 0 Å². The quantitative estimate of drug-likeness (QED) is 0.786. The van der Waals surface area contributed by atoms with E-state index >= 15 is 0 Å². The molecule has 102 valence electrons. The van der Waals surface area contributed by atoms with Gasteiger partial charge in [-0.2, -0.15) is 13.2 Å². The van der Waals surface area contributed by atoms with Gasteiger partial charge in [0.05, 0.1) is 6.04 Å². The molecule has 2 aromatic carbocycles. The van der Waals surface area contributed by atoms with E-state index in [4.69, 9.17) is 10.8 Å². The highest BCUT2D eigenvalue weighted by molar-refractivity contribution is 5.84. The van der Waals surface area contributed by atoms with Crippen molar-refractivity contribution in [3.05, 3.63) is 42.0 Å². The SMILES string of the molecule is N[C@H](c1ccc2cc(O)ccc2c1)[C@@H](O)C(F)(F)F. The van der Waals surface area contributed by atoms with E-state index in [9.17, 15) is 18.3 Å². The number of benzene rings is 2. The average Bonchev–Trinajstić information content (AvgIpc) is 2.35. The summed E-state index contributed by atoms with van der Waals surface area (Å²) in [5.74, 6) is 0.0693. The predicted octanol–water partition coefficient (Wildman–Crippen LogP) is 2.47. The maximum Gasteiger partial charge on any atom is 0.416 e. The van der Waals surface area contributed by atoms with Crippen LogP contribution in [0.25, 0.3) is 10.8 Å². The molecule has 0 saturated heterocycles. The Morgan fingerprint density at radius 3 is 2.21 bits per heavy atom. The van der Waals surface area contributed by atoms with E-state index in [1.807, 2.05) is 0 Å². The second kappa shape index (κ2) is 4.71. The lowest BCUT2D eigenvalue weighted by Crippen LogP contribution is -2.38. The van der Waals surface area contributed by atoms with Crippen molar-refractivity contribution in [1.82, 2.24) is 0 Å². The second-order valence-electron chi connectivity index (χ2n) is 4.30. The maximum atomic E-state index is 12.4. The van der Waals surface area contributed by atoms with Crippen molar-refractivity contribution in [1.29, 1.82) is 0 Å². The van der Waals surface area contributed by atoms with Gasteiger partial charge in [0.25, 0.3) is 0 Å². The lowest BCUT2D eigenvalue weighted by molar-refractivity contribution is -0.210. The molecule has 0 aliphatic carbocycles. The van der Waals surface area contributed by atoms with Gasteiger partial charge in [0.1, 0.15) is 5.75 Å². The molecule has 3 nitrogen and oxygen atoms in total. The second-order valence-corrected chi connectivity index (χ2v) is 4.30. The minimum Gasteiger partial charge on any atom is -0.508 e. The third-order valence-electron chi connectivity index (χ3n) is 2.91. The molecule has 0 heterocycles. The number of halogens is 3. The first-order valence-corrected chi connectivity index (χ1v) is 5.52. The van der Waals surface area contributed by atoms with Crippen LogP contribution in [0.3, 0.4) is 0 Å². The molecule has 0 aromatic heterocycles. The number of fused-ring (bicyclic) bond motifs is 1. The van der Waals surface area contributed by atoms with Gasteiger partial charge in [-0.1, -0.05) is 18.2 Å². The van der Waals surface area contributed by atoms with Crippen LogP contribution < -0.4 is 5.73 Å². The van der Waals surface area contributed by atoms with Gasteiger partial charge in [-0.15, -0.1) is 0 Å². The Labute approximate surface area is 107 Å². The summed E-state index contributed by atoms with van der Waals surface area (Å²) in [6.45, 7) is 0. The largest absolute Gasteiger partial charge is 0.508 e. The van der Waals surface area contributed by atoms with Crippen molar-refractivity contribution in [2.24, 2.45) is 5.73 Å². The van der Waals surface area contributed by atoms with Crippen molar-refractivity contribution in [3.63, 3.8) is 0 Å². The Morgan fingerprint density at radius 2 is 1.58 bits per heavy atom. The van der Waals surface area contributed by atoms with Gasteiger partial charge >= 0.3 is 6.18 Å². The standard InChI is InChI=1S/C13H12F3NO2/c14-13(15,16)12(19)11(17)9-2-1-8-6-10(18)4-3-7(8)5-9/h1-6,11-12,18-19H,17H2/t11-,12-/m1/s1. The number of aromatic hydroxyl groups is 1. The first-order chi connectivity index (χ1) is 8.79. The number of aliphatic hydroxyl groups is 1. The molecule has 0 radical (unpaired) electrons. The number of rotatable bonds is 2. The Balaban J connectivity index is 2.38. The molecule has 0 bridgehead atoms. The van der Waals surface area contributed by atoms with E-state index < -0.39 is 18.3 Å². The molecule has 0 spiro atoms. The van der Waals surface area contributed by atoms with Crippen molar-refractivity contribution in [2.45, 2.75) is 18.3 Å². The zero-order valence-corrected chi connectivity index (χ0v) is 9.72. The highest BCUT2D eigenvalue weighted by atomic mass is 19.4. The summed E-state index contributed by atoms with van der Waals surface area (Å²) in [4.78, 5) is 0. The molecule has 4 N–H and O–H groups in total. The molecule has 0 amide bonds. The number of nitrogens with two attached hydrogens (primary N) is 1. The van der Waals surface area contributed by atoms with Gasteiger partial charge in [-0.25, -0.2) is 0 Å². The Hall–Kier alpha value is -1.79. The van der Waals surface area contributed by atoms with Gasteiger partial charge in [-0.3, -0.25) is 0 Å². The van der Waals surface area contributed by atoms with E-state index in [0.717, 1.165) is 0 Å². The number of alkyl halides is 3. The van der Waals surface area contributed by atoms with Crippen molar-refractivity contribution >= 4 is 10.8 Å². The molecule has 19 heavy (non-hydrogen) atoms. The van der Waals surface area contributed by atoms with Crippen LogP contribution in [0.15, 0.2) is 36.4 Å². The minimum absolute atomic E-state index is 0.0693. The lowest BCUT2D eigenvalue weighted by Gasteiger charge is -2.21. The molecule has 0 aliphatic rings. The van der Waals surface area contributed by atoms with E-state index in [0.29, 0.717) is 10.8 Å². The van der Waals surface area contributed by atoms with Crippen LogP contribution in [0.5, 0.6) is 5.75 Å². The topological polar surface area (TPSA) is 66.5 Å². The summed E-state index contributed by atoms with van der Waals surface area (Å²) in [5, 5.41) is 19.7. The lowest BCUT2D eigenvalue weighted by atomic mass is 9.98. The molecule has 2 rings (SSSR count). The van der Waals surface area contributed by atoms with Crippen LogP contribution in [0.4, 0.5) is 13.2 Å². The smallest absolute Gasteiger partial charge is 0.416 e. The molecule has 2 aromatic rings. The number of phenolic OH excluding ortho intramolecular Hbond substituents is 1. The summed E-state index contributed by atoms with van der Waals surface area (Å²) in [7, 11) is 0. The predicted molar refractivity (Wildman–Crippen MR) is 64.6 cm³/mol. The van der Waals surface area contributed by atoms with E-state index in [-0.39, 0.29) is 11.3 Å². The molecule has 2 atom stereocenters. The fourth-order valence-electron chi connectivity index (χ4n) is 1.84. The first-order valence-electron chi connectivity index (χ1n) is 5.52. The molecule has 0 saturated carbocycles. The molecule has 0 unspecified atom stereocenters. The van der Waals surface area contributed by atoms with Crippen LogP contribution in [-0.2, 0) is 0 Å². The van der Waals surface area contributed by atoms with E-state index in [2.05, 4.69) is 0 Å². The van der Waals surface area contributed by atoms with Crippen LogP contribution in [-0.4, -0.2) is 22.5 Å². The van der Waals surface area contributed by atoms with Crippen LogP contribution >= 0.6 is 0 Å². The normalized spacial score (nSPS) is 15.4. The van der Waals surface area contributed by atoms with Gasteiger partial charge in [0, 0.05) is 0 Å². The zero-order chi connectivity index (χ0) is 14.2. The zero-order valence-electron chi connectivity index (χ0n) is 9.72. The van der Waals surface area contributed by atoms with Crippen molar-refractivity contribution < 1.29 is 23.4 Å². The summed E-state index contributed by atoms with van der Waals surface area (Å²) in [6.07, 6.45) is -7.37. The highest BCUT2D eigenvalue weighted by Gasteiger charge is 2.42. The number of hydrogen-bond acceptors (Lipinski definition) is 3. The summed E-state index contributed by atoms with van der Waals surface area (Å²) >= 11 is 0. The summed E-state index contributed by atoms with van der Waals surface area (Å²) in [5.41, 5.74) is 5.61. The molecular formula is C13H12F3NO2. The number of phenols is 1. The highest BCUT2D eigenvalue weighted by Crippen LogP contribution is 2.30. The van der Waals surface area contributed by atoms with Gasteiger partial charge in [-0.05, 0) is 34.5 Å². The van der Waals surface area contributed by atoms with E-state index in [1.54, 1.807) is 12.1 Å². The maximum absolute atomic E-state index is 12.4. The molecule has 0 aliphatic heterocycles. The Kier molecular flexibility index (Phi) is 3.38. The Bertz CT molecular complexity index is 598. The van der Waals surface area contributed by atoms with Crippen LogP contribution in [0.2, 0.25) is 0 Å². The molecular weight excluding hydrogens is 259 g/mol. The number of hydrogen-bond donors (Lipinski definition) is 3. The fourth-order valence-corrected chi connectivity index (χ4v) is 1.84. The van der Waals surface area contributed by atoms with Crippen molar-refractivity contribution in [3.8, 4) is 5.75 Å². The summed E-state index contributed by atoms with van der Waals surface area (Å²) in [6, 6.07) is 7.37. The van der Waals surface area contributed by atoms with Gasteiger partial charge < -0.3 is 15.9 Å². The van der Waals surface area contributed by atoms with E-state index in [1.165, 1.54) is 24.3 Å². The third-order valence-corrected chi connectivity index (χ3v) is 2.91. The molecule has 0 fully saturated rings. The van der Waals surface area contributed by atoms with Gasteiger partial charge in [0.2, 0.25) is 0 Å². The Morgan fingerprint density at radius 1 is 1.00 bits per heavy atom. The minimum atomic E-state index is -4.76. The van der Waals surface area contributed by atoms with Crippen LogP contribution in [0.1, 0.15) is 11.6 Å². The number of aliphatic hydroxyl groups excluding tert-OH is 1. The molecule has 6 heteroatoms. The fraction of sp³-hybridized carbons (Fsp3) is 0.231. The average molecular weight is 271 g/mol. The monoisotopic (exact) mass is 271 g/mol. The third kappa shape index (κ3) is 2.80.